The molecule has 6 heteroatoms. The van der Waals surface area contributed by atoms with Crippen molar-refractivity contribution in [2.24, 2.45) is 17.6 Å². The van der Waals surface area contributed by atoms with Crippen molar-refractivity contribution in [3.05, 3.63) is 0 Å². The van der Waals surface area contributed by atoms with E-state index in [4.69, 9.17) is 5.73 Å². The van der Waals surface area contributed by atoms with Gasteiger partial charge >= 0.3 is 6.03 Å². The summed E-state index contributed by atoms with van der Waals surface area (Å²) in [5.74, 6) is 0.333. The van der Waals surface area contributed by atoms with E-state index in [2.05, 4.69) is 5.32 Å². The van der Waals surface area contributed by atoms with Crippen molar-refractivity contribution in [2.75, 3.05) is 19.6 Å². The number of hydrogen-bond acceptors (Lipinski definition) is 3. The lowest BCUT2D eigenvalue weighted by Crippen LogP contribution is -2.47. The number of primary amides is 1. The molecule has 1 unspecified atom stereocenters. The van der Waals surface area contributed by atoms with Gasteiger partial charge in [0, 0.05) is 25.4 Å². The molecule has 1 rings (SSSR count). The van der Waals surface area contributed by atoms with Crippen LogP contribution >= 0.6 is 0 Å². The molecule has 6 nitrogen and oxygen atoms in total. The third-order valence-corrected chi connectivity index (χ3v) is 3.25. The second kappa shape index (κ2) is 7.11. The van der Waals surface area contributed by atoms with E-state index >= 15 is 0 Å². The van der Waals surface area contributed by atoms with Crippen LogP contribution in [-0.2, 0) is 9.59 Å². The lowest BCUT2D eigenvalue weighted by molar-refractivity contribution is -0.134. The molecule has 1 fully saturated rings. The standard InChI is InChI=1S/C13H23N3O3/c1-9(2)6-11(17)10-4-3-5-16(8-10)12(18)7-15-13(14)19/h9-10H,3-8H2,1-2H3,(H3,14,15,19). The second-order valence-corrected chi connectivity index (χ2v) is 5.46. The molecule has 0 aromatic rings. The Bertz CT molecular complexity index is 355. The Balaban J connectivity index is 2.47. The molecular formula is C13H23N3O3. The molecule has 108 valence electrons. The maximum absolute atomic E-state index is 12.0. The van der Waals surface area contributed by atoms with Gasteiger partial charge in [-0.15, -0.1) is 0 Å². The minimum atomic E-state index is -0.710. The molecule has 3 N–H and O–H groups in total. The number of rotatable bonds is 5. The number of nitrogens with zero attached hydrogens (tertiary/aromatic N) is 1. The van der Waals surface area contributed by atoms with Crippen LogP contribution in [0.4, 0.5) is 4.79 Å². The van der Waals surface area contributed by atoms with Crippen LogP contribution in [0.3, 0.4) is 0 Å². The molecular weight excluding hydrogens is 246 g/mol. The van der Waals surface area contributed by atoms with Crippen LogP contribution in [0, 0.1) is 11.8 Å². The van der Waals surface area contributed by atoms with Gasteiger partial charge in [-0.3, -0.25) is 9.59 Å². The van der Waals surface area contributed by atoms with Gasteiger partial charge in [0.05, 0.1) is 6.54 Å². The molecule has 1 atom stereocenters. The molecule has 0 aliphatic carbocycles. The minimum absolute atomic E-state index is 0.0614. The summed E-state index contributed by atoms with van der Waals surface area (Å²) in [5.41, 5.74) is 4.93. The maximum atomic E-state index is 12.0. The van der Waals surface area contributed by atoms with Crippen molar-refractivity contribution in [1.29, 1.82) is 0 Å². The van der Waals surface area contributed by atoms with E-state index in [1.807, 2.05) is 13.8 Å². The molecule has 1 heterocycles. The van der Waals surface area contributed by atoms with Crippen LogP contribution in [0.2, 0.25) is 0 Å². The fourth-order valence-electron chi connectivity index (χ4n) is 2.31. The van der Waals surface area contributed by atoms with Gasteiger partial charge in [-0.05, 0) is 18.8 Å². The average Bonchev–Trinajstić information content (AvgIpc) is 2.35. The number of likely N-dealkylation sites (tertiary alicyclic amines) is 1. The van der Waals surface area contributed by atoms with Gasteiger partial charge in [0.25, 0.3) is 0 Å². The minimum Gasteiger partial charge on any atom is -0.352 e. The highest BCUT2D eigenvalue weighted by molar-refractivity contribution is 5.85. The van der Waals surface area contributed by atoms with Crippen LogP contribution in [-0.4, -0.2) is 42.3 Å². The fraction of sp³-hybridized carbons (Fsp3) is 0.769. The van der Waals surface area contributed by atoms with Crippen LogP contribution < -0.4 is 11.1 Å². The highest BCUT2D eigenvalue weighted by Gasteiger charge is 2.28. The fourth-order valence-corrected chi connectivity index (χ4v) is 2.31. The number of nitrogens with two attached hydrogens (primary N) is 1. The first-order valence-corrected chi connectivity index (χ1v) is 6.74. The Labute approximate surface area is 113 Å². The number of amides is 3. The van der Waals surface area contributed by atoms with Crippen LogP contribution in [0.1, 0.15) is 33.1 Å². The smallest absolute Gasteiger partial charge is 0.312 e. The number of hydrogen-bond donors (Lipinski definition) is 2. The Morgan fingerprint density at radius 3 is 2.63 bits per heavy atom. The van der Waals surface area contributed by atoms with Gasteiger partial charge in [0.15, 0.2) is 0 Å². The van der Waals surface area contributed by atoms with Crippen molar-refractivity contribution < 1.29 is 14.4 Å². The summed E-state index contributed by atoms with van der Waals surface area (Å²) in [6.07, 6.45) is 2.24. The molecule has 0 aromatic carbocycles. The molecule has 0 spiro atoms. The summed E-state index contributed by atoms with van der Waals surface area (Å²) in [6.45, 7) is 5.04. The third kappa shape index (κ3) is 5.28. The van der Waals surface area contributed by atoms with E-state index in [1.165, 1.54) is 0 Å². The molecule has 3 amide bonds. The molecule has 0 bridgehead atoms. The average molecular weight is 269 g/mol. The summed E-state index contributed by atoms with van der Waals surface area (Å²) >= 11 is 0. The first-order valence-electron chi connectivity index (χ1n) is 6.74. The highest BCUT2D eigenvalue weighted by atomic mass is 16.2. The molecule has 0 radical (unpaired) electrons. The molecule has 1 aliphatic heterocycles. The summed E-state index contributed by atoms with van der Waals surface area (Å²) in [5, 5.41) is 2.28. The SMILES string of the molecule is CC(C)CC(=O)C1CCCN(C(=O)CNC(N)=O)C1. The number of urea groups is 1. The number of ketones is 1. The number of carbonyl (C=O) groups excluding carboxylic acids is 3. The van der Waals surface area contributed by atoms with E-state index in [1.54, 1.807) is 4.90 Å². The molecule has 1 saturated heterocycles. The number of nitrogens with one attached hydrogen (secondary N) is 1. The predicted octanol–water partition coefficient (Wildman–Crippen LogP) is 0.509. The maximum Gasteiger partial charge on any atom is 0.312 e. The third-order valence-electron chi connectivity index (χ3n) is 3.25. The molecule has 0 saturated carbocycles. The number of Topliss-reactive ketones (excluding diaryl/α,β-unsaturated/α-hetero) is 1. The van der Waals surface area contributed by atoms with Crippen molar-refractivity contribution in [3.8, 4) is 0 Å². The lowest BCUT2D eigenvalue weighted by Gasteiger charge is -2.32. The largest absolute Gasteiger partial charge is 0.352 e. The zero-order chi connectivity index (χ0) is 14.4. The Morgan fingerprint density at radius 1 is 1.37 bits per heavy atom. The van der Waals surface area contributed by atoms with E-state index in [9.17, 15) is 14.4 Å². The molecule has 1 aliphatic rings. The first-order chi connectivity index (χ1) is 8.90. The monoisotopic (exact) mass is 269 g/mol. The summed E-state index contributed by atoms with van der Waals surface area (Å²) in [7, 11) is 0. The lowest BCUT2D eigenvalue weighted by atomic mass is 9.89. The normalized spacial score (nSPS) is 19.3. The zero-order valence-electron chi connectivity index (χ0n) is 11.6. The van der Waals surface area contributed by atoms with Gasteiger partial charge in [-0.25, -0.2) is 4.79 Å². The highest BCUT2D eigenvalue weighted by Crippen LogP contribution is 2.20. The molecule has 0 aromatic heterocycles. The van der Waals surface area contributed by atoms with Crippen molar-refractivity contribution in [2.45, 2.75) is 33.1 Å². The van der Waals surface area contributed by atoms with Gasteiger partial charge in [-0.1, -0.05) is 13.8 Å². The van der Waals surface area contributed by atoms with E-state index in [0.717, 1.165) is 12.8 Å². The Hall–Kier alpha value is -1.59. The topological polar surface area (TPSA) is 92.5 Å². The van der Waals surface area contributed by atoms with Gasteiger partial charge in [-0.2, -0.15) is 0 Å². The van der Waals surface area contributed by atoms with Crippen LogP contribution in [0.5, 0.6) is 0 Å². The number of carbonyl (C=O) groups is 3. The first kappa shape index (κ1) is 15.5. The summed E-state index contributed by atoms with van der Waals surface area (Å²) in [4.78, 5) is 36.1. The van der Waals surface area contributed by atoms with Gasteiger partial charge in [0.1, 0.15) is 5.78 Å². The van der Waals surface area contributed by atoms with Crippen LogP contribution in [0.25, 0.3) is 0 Å². The van der Waals surface area contributed by atoms with Gasteiger partial charge in [0.2, 0.25) is 5.91 Å². The van der Waals surface area contributed by atoms with Crippen molar-refractivity contribution >= 4 is 17.7 Å². The van der Waals surface area contributed by atoms with E-state index in [-0.39, 0.29) is 24.2 Å². The quantitative estimate of drug-likeness (QED) is 0.761. The predicted molar refractivity (Wildman–Crippen MR) is 71.4 cm³/mol. The van der Waals surface area contributed by atoms with Crippen LogP contribution in [0.15, 0.2) is 0 Å². The Kier molecular flexibility index (Phi) is 5.79. The second-order valence-electron chi connectivity index (χ2n) is 5.46. The van der Waals surface area contributed by atoms with E-state index in [0.29, 0.717) is 25.4 Å². The van der Waals surface area contributed by atoms with Crippen molar-refractivity contribution in [3.63, 3.8) is 0 Å². The van der Waals surface area contributed by atoms with Crippen molar-refractivity contribution in [1.82, 2.24) is 10.2 Å². The zero-order valence-corrected chi connectivity index (χ0v) is 11.6. The Morgan fingerprint density at radius 2 is 2.05 bits per heavy atom. The van der Waals surface area contributed by atoms with E-state index < -0.39 is 6.03 Å². The summed E-state index contributed by atoms with van der Waals surface area (Å²) < 4.78 is 0. The molecule has 19 heavy (non-hydrogen) atoms. The summed E-state index contributed by atoms with van der Waals surface area (Å²) in [6, 6.07) is -0.710. The number of piperidine rings is 1. The van der Waals surface area contributed by atoms with Gasteiger partial charge < -0.3 is 16.0 Å².